The Morgan fingerprint density at radius 3 is 2.23 bits per heavy atom. The first kappa shape index (κ1) is 22.6. The minimum Gasteiger partial charge on any atom is -0.266 e. The second-order valence-corrected chi connectivity index (χ2v) is 7.86. The zero-order valence-corrected chi connectivity index (χ0v) is 16.2. The van der Waals surface area contributed by atoms with Crippen molar-refractivity contribution < 1.29 is 39.6 Å². The predicted octanol–water partition coefficient (Wildman–Crippen LogP) is 3.48. The number of nitrogens with one attached hydrogen (secondary N) is 1. The van der Waals surface area contributed by atoms with Crippen LogP contribution >= 0.6 is 11.6 Å². The molecule has 3 rings (SSSR count). The van der Waals surface area contributed by atoms with Gasteiger partial charge in [0.25, 0.3) is 15.9 Å². The van der Waals surface area contributed by atoms with Gasteiger partial charge >= 0.3 is 6.18 Å². The van der Waals surface area contributed by atoms with Gasteiger partial charge in [-0.15, -0.1) is 5.10 Å². The van der Waals surface area contributed by atoms with Crippen LogP contribution in [0.3, 0.4) is 0 Å². The molecule has 1 aromatic heterocycles. The van der Waals surface area contributed by atoms with Gasteiger partial charge in [0.05, 0.1) is 10.7 Å². The molecule has 164 valence electrons. The summed E-state index contributed by atoms with van der Waals surface area (Å²) in [6.07, 6.45) is -5.29. The Kier molecular flexibility index (Phi) is 5.71. The summed E-state index contributed by atoms with van der Waals surface area (Å²) in [5, 5.41) is 5.69. The molecule has 0 aliphatic carbocycles. The van der Waals surface area contributed by atoms with Crippen molar-refractivity contribution in [2.45, 2.75) is 11.1 Å². The van der Waals surface area contributed by atoms with Gasteiger partial charge in [0, 0.05) is 6.07 Å². The van der Waals surface area contributed by atoms with Crippen LogP contribution in [-0.2, 0) is 16.2 Å². The molecule has 0 spiro atoms. The first-order valence-corrected chi connectivity index (χ1v) is 9.68. The van der Waals surface area contributed by atoms with E-state index in [0.29, 0.717) is 18.2 Å². The fraction of sp³-hybridized carbons (Fsp3) is 0.0625. The number of hydrogen-bond donors (Lipinski definition) is 1. The van der Waals surface area contributed by atoms with Gasteiger partial charge in [-0.2, -0.15) is 13.2 Å². The highest BCUT2D eigenvalue weighted by Gasteiger charge is 2.43. The topological polar surface area (TPSA) is 93.9 Å². The van der Waals surface area contributed by atoms with Gasteiger partial charge in [0.1, 0.15) is 22.3 Å². The van der Waals surface area contributed by atoms with E-state index in [9.17, 15) is 39.6 Å². The van der Waals surface area contributed by atoms with Crippen LogP contribution in [0, 0.1) is 17.5 Å². The molecule has 0 bridgehead atoms. The van der Waals surface area contributed by atoms with E-state index in [2.05, 4.69) is 10.3 Å². The summed E-state index contributed by atoms with van der Waals surface area (Å²) in [6.45, 7) is 0. The molecule has 0 aliphatic heterocycles. The van der Waals surface area contributed by atoms with E-state index in [0.717, 1.165) is 12.1 Å². The third-order valence-electron chi connectivity index (χ3n) is 3.70. The maximum Gasteiger partial charge on any atom is 0.435 e. The lowest BCUT2D eigenvalue weighted by Gasteiger charge is -2.12. The summed E-state index contributed by atoms with van der Waals surface area (Å²) >= 11 is 5.73. The molecule has 0 unspecified atom stereocenters. The maximum absolute atomic E-state index is 13.7. The van der Waals surface area contributed by atoms with Gasteiger partial charge in [-0.3, -0.25) is 4.79 Å². The molecule has 1 N–H and O–H groups in total. The van der Waals surface area contributed by atoms with Crippen LogP contribution < -0.4 is 4.72 Å². The molecule has 31 heavy (non-hydrogen) atoms. The van der Waals surface area contributed by atoms with Gasteiger partial charge in [-0.25, -0.2) is 31.0 Å². The van der Waals surface area contributed by atoms with Crippen molar-refractivity contribution in [1.82, 2.24) is 19.7 Å². The second-order valence-electron chi connectivity index (χ2n) is 5.80. The zero-order valence-electron chi connectivity index (χ0n) is 14.6. The van der Waals surface area contributed by atoms with Crippen molar-refractivity contribution in [3.05, 3.63) is 70.3 Å². The number of benzene rings is 2. The van der Waals surface area contributed by atoms with Crippen LogP contribution in [-0.4, -0.2) is 29.3 Å². The van der Waals surface area contributed by atoms with Crippen LogP contribution in [0.15, 0.2) is 41.3 Å². The molecular formula is C16H7ClF6N4O3S. The number of sulfonamides is 1. The fourth-order valence-corrected chi connectivity index (χ4v) is 3.69. The Balaban J connectivity index is 2.07. The van der Waals surface area contributed by atoms with E-state index in [-0.39, 0.29) is 10.7 Å². The van der Waals surface area contributed by atoms with E-state index in [1.165, 1.54) is 4.72 Å². The molecule has 2 aromatic carbocycles. The van der Waals surface area contributed by atoms with Crippen molar-refractivity contribution in [3.8, 4) is 5.69 Å². The highest BCUT2D eigenvalue weighted by molar-refractivity contribution is 7.90. The average Bonchev–Trinajstić information content (AvgIpc) is 3.06. The molecule has 0 radical (unpaired) electrons. The Bertz CT molecular complexity index is 1290. The number of amides is 1. The van der Waals surface area contributed by atoms with Gasteiger partial charge in [-0.1, -0.05) is 16.8 Å². The zero-order chi connectivity index (χ0) is 23.1. The SMILES string of the molecule is O=C(NS(=O)(=O)c1ccc(F)cc1F)c1nnn(-c2ccc(F)cc2Cl)c1C(F)(F)F. The number of rotatable bonds is 4. The molecule has 0 aliphatic rings. The molecule has 0 saturated carbocycles. The molecule has 0 atom stereocenters. The summed E-state index contributed by atoms with van der Waals surface area (Å²) in [5.74, 6) is -5.48. The molecular weight excluding hydrogens is 478 g/mol. The van der Waals surface area contributed by atoms with Crippen molar-refractivity contribution in [3.63, 3.8) is 0 Å². The lowest BCUT2D eigenvalue weighted by atomic mass is 10.2. The molecule has 15 heteroatoms. The lowest BCUT2D eigenvalue weighted by molar-refractivity contribution is -0.143. The number of carbonyl (C=O) groups is 1. The largest absolute Gasteiger partial charge is 0.435 e. The Labute approximate surface area is 174 Å². The summed E-state index contributed by atoms with van der Waals surface area (Å²) in [6, 6.07) is 3.52. The standard InChI is InChI=1S/C16H7ClF6N4O3S/c17-9-5-7(18)1-3-11(9)27-14(16(21,22)23)13(24-26-27)15(28)25-31(29,30)12-4-2-8(19)6-10(12)20/h1-6H,(H,25,28). The van der Waals surface area contributed by atoms with Crippen molar-refractivity contribution in [2.75, 3.05) is 0 Å². The maximum atomic E-state index is 13.7. The minimum atomic E-state index is -5.29. The monoisotopic (exact) mass is 484 g/mol. The van der Waals surface area contributed by atoms with E-state index in [4.69, 9.17) is 11.6 Å². The summed E-state index contributed by atoms with van der Waals surface area (Å²) in [7, 11) is -5.05. The average molecular weight is 485 g/mol. The summed E-state index contributed by atoms with van der Waals surface area (Å²) < 4.78 is 106. The second kappa shape index (κ2) is 7.85. The van der Waals surface area contributed by atoms with Crippen molar-refractivity contribution in [1.29, 1.82) is 0 Å². The van der Waals surface area contributed by atoms with Crippen LogP contribution in [0.25, 0.3) is 5.69 Å². The van der Waals surface area contributed by atoms with Crippen molar-refractivity contribution in [2.24, 2.45) is 0 Å². The third kappa shape index (κ3) is 4.49. The summed E-state index contributed by atoms with van der Waals surface area (Å²) in [4.78, 5) is 11.1. The number of halogens is 7. The highest BCUT2D eigenvalue weighted by Crippen LogP contribution is 2.34. The molecule has 0 fully saturated rings. The third-order valence-corrected chi connectivity index (χ3v) is 5.37. The van der Waals surface area contributed by atoms with Crippen LogP contribution in [0.1, 0.15) is 16.2 Å². The molecule has 1 amide bonds. The Morgan fingerprint density at radius 2 is 1.65 bits per heavy atom. The van der Waals surface area contributed by atoms with E-state index in [1.807, 2.05) is 0 Å². The van der Waals surface area contributed by atoms with Gasteiger partial charge in [0.2, 0.25) is 0 Å². The first-order valence-electron chi connectivity index (χ1n) is 7.82. The Morgan fingerprint density at radius 1 is 1.03 bits per heavy atom. The number of aromatic nitrogens is 3. The number of carbonyl (C=O) groups excluding carboxylic acids is 1. The molecule has 0 saturated heterocycles. The smallest absolute Gasteiger partial charge is 0.266 e. The summed E-state index contributed by atoms with van der Waals surface area (Å²) in [5.41, 5.74) is -3.82. The number of hydrogen-bond acceptors (Lipinski definition) is 5. The molecule has 7 nitrogen and oxygen atoms in total. The van der Waals surface area contributed by atoms with Gasteiger partial charge in [-0.05, 0) is 30.3 Å². The normalized spacial score (nSPS) is 12.1. The number of alkyl halides is 3. The predicted molar refractivity (Wildman–Crippen MR) is 92.3 cm³/mol. The van der Waals surface area contributed by atoms with Crippen LogP contribution in [0.5, 0.6) is 0 Å². The lowest BCUT2D eigenvalue weighted by Crippen LogP contribution is -2.33. The van der Waals surface area contributed by atoms with Crippen LogP contribution in [0.2, 0.25) is 5.02 Å². The van der Waals surface area contributed by atoms with E-state index < -0.39 is 66.6 Å². The first-order chi connectivity index (χ1) is 14.3. The number of nitrogens with zero attached hydrogens (tertiary/aromatic N) is 3. The molecule has 1 heterocycles. The van der Waals surface area contributed by atoms with Gasteiger partial charge < -0.3 is 0 Å². The quantitative estimate of drug-likeness (QED) is 0.572. The van der Waals surface area contributed by atoms with Crippen molar-refractivity contribution >= 4 is 27.5 Å². The van der Waals surface area contributed by atoms with E-state index in [1.54, 1.807) is 0 Å². The Hall–Kier alpha value is -3.13. The fourth-order valence-electron chi connectivity index (χ4n) is 2.43. The minimum absolute atomic E-state index is 0.0712. The van der Waals surface area contributed by atoms with E-state index >= 15 is 0 Å². The van der Waals surface area contributed by atoms with Crippen LogP contribution in [0.4, 0.5) is 26.3 Å². The molecule has 3 aromatic rings. The highest BCUT2D eigenvalue weighted by atomic mass is 35.5. The van der Waals surface area contributed by atoms with Gasteiger partial charge in [0.15, 0.2) is 11.4 Å².